The van der Waals surface area contributed by atoms with E-state index in [2.05, 4.69) is 10.0 Å². The molecule has 0 unspecified atom stereocenters. The topological polar surface area (TPSA) is 84.5 Å². The Kier molecular flexibility index (Phi) is 7.57. The van der Waals surface area contributed by atoms with Crippen LogP contribution >= 0.6 is 0 Å². The third kappa shape index (κ3) is 6.49. The minimum Gasteiger partial charge on any atom is -0.383 e. The number of carbonyl (C=O) groups is 1. The van der Waals surface area contributed by atoms with Gasteiger partial charge in [-0.3, -0.25) is 4.79 Å². The first kappa shape index (κ1) is 22.7. The van der Waals surface area contributed by atoms with Crippen molar-refractivity contribution >= 4 is 21.6 Å². The monoisotopic (exact) mass is 438 g/mol. The van der Waals surface area contributed by atoms with Crippen LogP contribution < -0.4 is 10.0 Å². The summed E-state index contributed by atoms with van der Waals surface area (Å²) in [4.78, 5) is 12.5. The number of carbonyl (C=O) groups excluding carboxylic acids is 1. The molecule has 3 rings (SSSR count). The predicted octanol–water partition coefficient (Wildman–Crippen LogP) is 3.85. The highest BCUT2D eigenvalue weighted by atomic mass is 32.2. The van der Waals surface area contributed by atoms with E-state index < -0.39 is 10.0 Å². The number of methoxy groups -OCH3 is 1. The summed E-state index contributed by atoms with van der Waals surface area (Å²) in [6.07, 6.45) is 0.227. The molecule has 7 heteroatoms. The van der Waals surface area contributed by atoms with E-state index in [1.807, 2.05) is 54.6 Å². The fourth-order valence-corrected chi connectivity index (χ4v) is 4.40. The number of ether oxygens (including phenoxy) is 1. The summed E-state index contributed by atoms with van der Waals surface area (Å²) in [5.41, 5.74) is 3.65. The maximum absolute atomic E-state index is 12.4. The molecule has 0 aliphatic heterocycles. The lowest BCUT2D eigenvalue weighted by Crippen LogP contribution is -2.35. The molecule has 3 aromatic carbocycles. The molecule has 0 saturated carbocycles. The Labute approximate surface area is 183 Å². The fourth-order valence-electron chi connectivity index (χ4n) is 3.17. The normalized spacial score (nSPS) is 12.3. The number of anilines is 1. The summed E-state index contributed by atoms with van der Waals surface area (Å²) in [7, 11) is -2.13. The van der Waals surface area contributed by atoms with E-state index >= 15 is 0 Å². The molecule has 0 spiro atoms. The summed E-state index contributed by atoms with van der Waals surface area (Å²) in [6.45, 7) is 2.00. The van der Waals surface area contributed by atoms with Gasteiger partial charge in [0.25, 0.3) is 0 Å². The first-order valence-corrected chi connectivity index (χ1v) is 11.4. The van der Waals surface area contributed by atoms with Gasteiger partial charge >= 0.3 is 0 Å². The van der Waals surface area contributed by atoms with Gasteiger partial charge in [0.2, 0.25) is 15.9 Å². The van der Waals surface area contributed by atoms with Crippen molar-refractivity contribution in [3.8, 4) is 11.1 Å². The zero-order valence-corrected chi connectivity index (χ0v) is 18.4. The van der Waals surface area contributed by atoms with Gasteiger partial charge in [-0.25, -0.2) is 13.1 Å². The van der Waals surface area contributed by atoms with E-state index in [-0.39, 0.29) is 29.9 Å². The number of nitrogens with one attached hydrogen (secondary N) is 2. The molecule has 0 heterocycles. The second-order valence-electron chi connectivity index (χ2n) is 7.29. The Hall–Kier alpha value is -3.00. The molecule has 2 N–H and O–H groups in total. The molecule has 1 atom stereocenters. The highest BCUT2D eigenvalue weighted by Crippen LogP contribution is 2.20. The average molecular weight is 439 g/mol. The number of amides is 1. The highest BCUT2D eigenvalue weighted by Gasteiger charge is 2.17. The summed E-state index contributed by atoms with van der Waals surface area (Å²) in [6, 6.07) is 23.6. The van der Waals surface area contributed by atoms with Gasteiger partial charge in [0.1, 0.15) is 0 Å². The van der Waals surface area contributed by atoms with Gasteiger partial charge < -0.3 is 10.1 Å². The molecule has 0 aliphatic rings. The Morgan fingerprint density at radius 3 is 2.13 bits per heavy atom. The smallest absolute Gasteiger partial charge is 0.240 e. The molecule has 0 saturated heterocycles. The second-order valence-corrected chi connectivity index (χ2v) is 9.00. The number of sulfonamides is 1. The van der Waals surface area contributed by atoms with Crippen LogP contribution in [0.15, 0.2) is 83.8 Å². The van der Waals surface area contributed by atoms with Gasteiger partial charge in [0, 0.05) is 18.8 Å². The van der Waals surface area contributed by atoms with Crippen molar-refractivity contribution in [3.63, 3.8) is 0 Å². The molecule has 0 radical (unpaired) electrons. The lowest BCUT2D eigenvalue weighted by Gasteiger charge is -2.13. The number of benzene rings is 3. The van der Waals surface area contributed by atoms with Crippen molar-refractivity contribution < 1.29 is 17.9 Å². The zero-order chi connectivity index (χ0) is 22.3. The van der Waals surface area contributed by atoms with Crippen molar-refractivity contribution in [3.05, 3.63) is 84.4 Å². The molecule has 1 amide bonds. The quantitative estimate of drug-likeness (QED) is 0.532. The molecule has 0 bridgehead atoms. The van der Waals surface area contributed by atoms with Crippen LogP contribution in [0, 0.1) is 0 Å². The standard InChI is InChI=1S/C24H26N2O4S/c1-18(17-30-2)26-31(28,29)23-14-12-22(13-15-23)25-24(27)16-19-8-10-21(11-9-19)20-6-4-3-5-7-20/h3-15,18,26H,16-17H2,1-2H3,(H,25,27)/t18-/m1/s1. The molecular formula is C24H26N2O4S. The number of hydrogen-bond acceptors (Lipinski definition) is 4. The van der Waals surface area contributed by atoms with Crippen molar-refractivity contribution in [1.82, 2.24) is 4.72 Å². The van der Waals surface area contributed by atoms with Crippen molar-refractivity contribution in [1.29, 1.82) is 0 Å². The molecule has 3 aromatic rings. The van der Waals surface area contributed by atoms with Crippen LogP contribution in [0.25, 0.3) is 11.1 Å². The fraction of sp³-hybridized carbons (Fsp3) is 0.208. The van der Waals surface area contributed by atoms with Gasteiger partial charge in [0.05, 0.1) is 17.9 Å². The maximum Gasteiger partial charge on any atom is 0.240 e. The summed E-state index contributed by atoms with van der Waals surface area (Å²) in [5.74, 6) is -0.171. The minimum absolute atomic E-state index is 0.130. The summed E-state index contributed by atoms with van der Waals surface area (Å²) in [5, 5.41) is 2.80. The first-order chi connectivity index (χ1) is 14.9. The molecule has 0 aliphatic carbocycles. The van der Waals surface area contributed by atoms with E-state index in [0.717, 1.165) is 16.7 Å². The van der Waals surface area contributed by atoms with Crippen molar-refractivity contribution in [2.24, 2.45) is 0 Å². The Bertz CT molecular complexity index is 1100. The van der Waals surface area contributed by atoms with Crippen LogP contribution in [-0.4, -0.2) is 34.1 Å². The third-order valence-electron chi connectivity index (χ3n) is 4.65. The van der Waals surface area contributed by atoms with E-state index in [1.165, 1.54) is 19.2 Å². The van der Waals surface area contributed by atoms with Crippen LogP contribution in [0.2, 0.25) is 0 Å². The van der Waals surface area contributed by atoms with Crippen LogP contribution in [0.1, 0.15) is 12.5 Å². The lowest BCUT2D eigenvalue weighted by atomic mass is 10.0. The lowest BCUT2D eigenvalue weighted by molar-refractivity contribution is -0.115. The number of hydrogen-bond donors (Lipinski definition) is 2. The Balaban J connectivity index is 1.58. The first-order valence-electron chi connectivity index (χ1n) is 9.93. The van der Waals surface area contributed by atoms with E-state index in [4.69, 9.17) is 4.74 Å². The summed E-state index contributed by atoms with van der Waals surface area (Å²) < 4.78 is 32.2. The molecule has 6 nitrogen and oxygen atoms in total. The Morgan fingerprint density at radius 1 is 0.903 bits per heavy atom. The van der Waals surface area contributed by atoms with Crippen molar-refractivity contribution in [2.45, 2.75) is 24.3 Å². The van der Waals surface area contributed by atoms with Gasteiger partial charge in [0.15, 0.2) is 0 Å². The third-order valence-corrected chi connectivity index (χ3v) is 6.25. The van der Waals surface area contributed by atoms with Crippen LogP contribution in [0.3, 0.4) is 0 Å². The van der Waals surface area contributed by atoms with Crippen molar-refractivity contribution in [2.75, 3.05) is 19.0 Å². The maximum atomic E-state index is 12.4. The predicted molar refractivity (Wildman–Crippen MR) is 122 cm³/mol. The minimum atomic E-state index is -3.65. The van der Waals surface area contributed by atoms with Crippen LogP contribution in [-0.2, 0) is 26.0 Å². The molecule has 0 aromatic heterocycles. The average Bonchev–Trinajstić information content (AvgIpc) is 2.75. The number of rotatable bonds is 9. The SMILES string of the molecule is COC[C@@H](C)NS(=O)(=O)c1ccc(NC(=O)Cc2ccc(-c3ccccc3)cc2)cc1. The zero-order valence-electron chi connectivity index (χ0n) is 17.5. The van der Waals surface area contributed by atoms with E-state index in [9.17, 15) is 13.2 Å². The molecule has 162 valence electrons. The van der Waals surface area contributed by atoms with Gasteiger partial charge in [-0.05, 0) is 47.9 Å². The Morgan fingerprint density at radius 2 is 1.52 bits per heavy atom. The summed E-state index contributed by atoms with van der Waals surface area (Å²) >= 11 is 0. The van der Waals surface area contributed by atoms with E-state index in [1.54, 1.807) is 19.1 Å². The highest BCUT2D eigenvalue weighted by molar-refractivity contribution is 7.89. The largest absolute Gasteiger partial charge is 0.383 e. The molecule has 0 fully saturated rings. The molecular weight excluding hydrogens is 412 g/mol. The van der Waals surface area contributed by atoms with Gasteiger partial charge in [-0.1, -0.05) is 54.6 Å². The van der Waals surface area contributed by atoms with Crippen LogP contribution in [0.5, 0.6) is 0 Å². The second kappa shape index (κ2) is 10.3. The van der Waals surface area contributed by atoms with Crippen LogP contribution in [0.4, 0.5) is 5.69 Å². The van der Waals surface area contributed by atoms with E-state index in [0.29, 0.717) is 5.69 Å². The van der Waals surface area contributed by atoms with Gasteiger partial charge in [-0.15, -0.1) is 0 Å². The molecule has 31 heavy (non-hydrogen) atoms. The van der Waals surface area contributed by atoms with Gasteiger partial charge in [-0.2, -0.15) is 0 Å².